The third kappa shape index (κ3) is 6.73. The molecule has 166 valence electrons. The van der Waals surface area contributed by atoms with E-state index in [0.29, 0.717) is 21.4 Å². The van der Waals surface area contributed by atoms with Crippen LogP contribution in [0, 0.1) is 11.8 Å². The van der Waals surface area contributed by atoms with E-state index in [4.69, 9.17) is 46.4 Å². The molecule has 2 N–H and O–H groups in total. The summed E-state index contributed by atoms with van der Waals surface area (Å²) >= 11 is 23.8. The molecule has 11 heteroatoms. The molecule has 2 amide bonds. The van der Waals surface area contributed by atoms with Gasteiger partial charge in [0.2, 0.25) is 11.8 Å². The molecule has 3 rings (SSSR count). The van der Waals surface area contributed by atoms with Gasteiger partial charge >= 0.3 is 0 Å². The van der Waals surface area contributed by atoms with E-state index in [1.165, 1.54) is 12.1 Å². The highest BCUT2D eigenvalue weighted by molar-refractivity contribution is 7.91. The summed E-state index contributed by atoms with van der Waals surface area (Å²) in [5, 5.41) is 6.73. The lowest BCUT2D eigenvalue weighted by atomic mass is 9.89. The minimum absolute atomic E-state index is 0.0577. The molecule has 0 spiro atoms. The molecule has 0 aliphatic carbocycles. The first kappa shape index (κ1) is 24.1. The zero-order valence-electron chi connectivity index (χ0n) is 16.0. The molecule has 1 aliphatic heterocycles. The van der Waals surface area contributed by atoms with Crippen LogP contribution >= 0.6 is 46.4 Å². The maximum atomic E-state index is 12.5. The van der Waals surface area contributed by atoms with Crippen molar-refractivity contribution in [1.82, 2.24) is 0 Å². The van der Waals surface area contributed by atoms with Crippen LogP contribution in [0.4, 0.5) is 11.4 Å². The highest BCUT2D eigenvalue weighted by Gasteiger charge is 2.39. The van der Waals surface area contributed by atoms with Crippen LogP contribution in [-0.2, 0) is 19.4 Å². The SMILES string of the molecule is O=C(C[C@@H]1CS(=O)(=O)C[C@H]1CC(=O)Nc1ccc(Cl)cc1Cl)Nc1ccc(Cl)cc1Cl. The minimum atomic E-state index is -3.36. The summed E-state index contributed by atoms with van der Waals surface area (Å²) in [7, 11) is -3.36. The molecule has 1 fully saturated rings. The lowest BCUT2D eigenvalue weighted by Gasteiger charge is -2.18. The first-order valence-electron chi connectivity index (χ1n) is 9.22. The number of carbonyl (C=O) groups excluding carboxylic acids is 2. The van der Waals surface area contributed by atoms with Gasteiger partial charge in [-0.2, -0.15) is 0 Å². The number of rotatable bonds is 6. The summed E-state index contributed by atoms with van der Waals surface area (Å²) in [6, 6.07) is 9.28. The fourth-order valence-corrected chi connectivity index (χ4v) is 6.64. The predicted octanol–water partition coefficient (Wildman–Crippen LogP) is 5.32. The fourth-order valence-electron chi connectivity index (χ4n) is 3.50. The van der Waals surface area contributed by atoms with E-state index in [2.05, 4.69) is 10.6 Å². The molecule has 1 saturated heterocycles. The highest BCUT2D eigenvalue weighted by atomic mass is 35.5. The van der Waals surface area contributed by atoms with E-state index in [1.807, 2.05) is 0 Å². The Hall–Kier alpha value is -1.51. The predicted molar refractivity (Wildman–Crippen MR) is 125 cm³/mol. The smallest absolute Gasteiger partial charge is 0.224 e. The summed E-state index contributed by atoms with van der Waals surface area (Å²) in [6.45, 7) is 0. The Morgan fingerprint density at radius 3 is 1.52 bits per heavy atom. The van der Waals surface area contributed by atoms with Crippen molar-refractivity contribution in [2.75, 3.05) is 22.1 Å². The Kier molecular flexibility index (Phi) is 7.76. The van der Waals surface area contributed by atoms with Crippen LogP contribution < -0.4 is 10.6 Å². The average Bonchev–Trinajstić information content (AvgIpc) is 2.92. The van der Waals surface area contributed by atoms with Gasteiger partial charge in [0, 0.05) is 22.9 Å². The van der Waals surface area contributed by atoms with Gasteiger partial charge < -0.3 is 10.6 Å². The van der Waals surface area contributed by atoms with Gasteiger partial charge in [-0.25, -0.2) is 8.42 Å². The topological polar surface area (TPSA) is 92.3 Å². The number of anilines is 2. The number of halogens is 4. The Morgan fingerprint density at radius 1 is 0.774 bits per heavy atom. The average molecular weight is 524 g/mol. The van der Waals surface area contributed by atoms with E-state index in [1.54, 1.807) is 24.3 Å². The van der Waals surface area contributed by atoms with E-state index < -0.39 is 33.5 Å². The van der Waals surface area contributed by atoms with Gasteiger partial charge in [0.05, 0.1) is 32.9 Å². The van der Waals surface area contributed by atoms with Crippen molar-refractivity contribution >= 4 is 79.4 Å². The Bertz CT molecular complexity index is 1040. The van der Waals surface area contributed by atoms with Crippen LogP contribution in [0.1, 0.15) is 12.8 Å². The minimum Gasteiger partial charge on any atom is -0.325 e. The van der Waals surface area contributed by atoms with Crippen LogP contribution in [0.15, 0.2) is 36.4 Å². The number of amides is 2. The van der Waals surface area contributed by atoms with Gasteiger partial charge in [0.25, 0.3) is 0 Å². The molecule has 0 aromatic heterocycles. The van der Waals surface area contributed by atoms with Crippen molar-refractivity contribution in [3.05, 3.63) is 56.5 Å². The molecule has 0 radical (unpaired) electrons. The summed E-state index contributed by atoms with van der Waals surface area (Å²) < 4.78 is 24.4. The molecule has 0 unspecified atom stereocenters. The van der Waals surface area contributed by atoms with Crippen molar-refractivity contribution in [3.8, 4) is 0 Å². The highest BCUT2D eigenvalue weighted by Crippen LogP contribution is 2.33. The number of benzene rings is 2. The Balaban J connectivity index is 1.64. The van der Waals surface area contributed by atoms with E-state index in [0.717, 1.165) is 0 Å². The van der Waals surface area contributed by atoms with Gasteiger partial charge in [0.1, 0.15) is 0 Å². The number of carbonyl (C=O) groups is 2. The summed E-state index contributed by atoms with van der Waals surface area (Å²) in [4.78, 5) is 25.0. The maximum Gasteiger partial charge on any atom is 0.224 e. The first-order chi connectivity index (χ1) is 14.5. The van der Waals surface area contributed by atoms with Crippen LogP contribution in [0.3, 0.4) is 0 Å². The quantitative estimate of drug-likeness (QED) is 0.536. The molecule has 0 bridgehead atoms. The molecule has 31 heavy (non-hydrogen) atoms. The Morgan fingerprint density at radius 2 is 1.16 bits per heavy atom. The molecule has 1 heterocycles. The second-order valence-corrected chi connectivity index (χ2v) is 11.2. The molecular formula is C20H18Cl4N2O4S. The van der Waals surface area contributed by atoms with Crippen molar-refractivity contribution in [2.45, 2.75) is 12.8 Å². The number of hydrogen-bond donors (Lipinski definition) is 2. The zero-order chi connectivity index (χ0) is 22.8. The van der Waals surface area contributed by atoms with Crippen LogP contribution in [0.2, 0.25) is 20.1 Å². The molecule has 2 atom stereocenters. The Labute approximate surface area is 200 Å². The first-order valence-corrected chi connectivity index (χ1v) is 12.6. The van der Waals surface area contributed by atoms with Gasteiger partial charge in [-0.3, -0.25) is 9.59 Å². The summed E-state index contributed by atoms with van der Waals surface area (Å²) in [5.41, 5.74) is 0.757. The monoisotopic (exact) mass is 522 g/mol. The van der Waals surface area contributed by atoms with Crippen molar-refractivity contribution < 1.29 is 18.0 Å². The van der Waals surface area contributed by atoms with Crippen molar-refractivity contribution in [1.29, 1.82) is 0 Å². The number of hydrogen-bond acceptors (Lipinski definition) is 4. The van der Waals surface area contributed by atoms with Gasteiger partial charge in [-0.15, -0.1) is 0 Å². The standard InChI is InChI=1S/C20H18Cl4N2O4S/c21-13-1-3-17(15(23)7-13)25-19(27)5-11-9-31(29,30)10-12(11)6-20(28)26-18-4-2-14(22)8-16(18)24/h1-4,7-8,11-12H,5-6,9-10H2,(H,25,27)(H,26,28)/t11-,12-/m1/s1. The molecule has 1 aliphatic rings. The lowest BCUT2D eigenvalue weighted by Crippen LogP contribution is -2.25. The maximum absolute atomic E-state index is 12.5. The van der Waals surface area contributed by atoms with Gasteiger partial charge in [-0.05, 0) is 48.2 Å². The zero-order valence-corrected chi connectivity index (χ0v) is 19.8. The summed E-state index contributed by atoms with van der Waals surface area (Å²) in [6.07, 6.45) is -0.115. The van der Waals surface area contributed by atoms with Gasteiger partial charge in [0.15, 0.2) is 9.84 Å². The van der Waals surface area contributed by atoms with E-state index in [-0.39, 0.29) is 34.4 Å². The number of sulfone groups is 1. The summed E-state index contributed by atoms with van der Waals surface area (Å²) in [5.74, 6) is -2.09. The lowest BCUT2D eigenvalue weighted by molar-refractivity contribution is -0.119. The molecular weight excluding hydrogens is 506 g/mol. The molecule has 2 aromatic carbocycles. The second kappa shape index (κ2) is 9.96. The van der Waals surface area contributed by atoms with Crippen molar-refractivity contribution in [2.24, 2.45) is 11.8 Å². The van der Waals surface area contributed by atoms with Crippen LogP contribution in [0.25, 0.3) is 0 Å². The molecule has 6 nitrogen and oxygen atoms in total. The van der Waals surface area contributed by atoms with E-state index >= 15 is 0 Å². The molecule has 2 aromatic rings. The fraction of sp³-hybridized carbons (Fsp3) is 0.300. The normalized spacial score (nSPS) is 19.7. The van der Waals surface area contributed by atoms with E-state index in [9.17, 15) is 18.0 Å². The van der Waals surface area contributed by atoms with Crippen LogP contribution in [-0.4, -0.2) is 31.7 Å². The molecule has 0 saturated carbocycles. The largest absolute Gasteiger partial charge is 0.325 e. The second-order valence-electron chi connectivity index (χ2n) is 7.35. The third-order valence-electron chi connectivity index (χ3n) is 4.91. The van der Waals surface area contributed by atoms with Crippen LogP contribution in [0.5, 0.6) is 0 Å². The number of nitrogens with one attached hydrogen (secondary N) is 2. The third-order valence-corrected chi connectivity index (χ3v) is 7.88. The van der Waals surface area contributed by atoms with Crippen molar-refractivity contribution in [3.63, 3.8) is 0 Å². The van der Waals surface area contributed by atoms with Gasteiger partial charge in [-0.1, -0.05) is 46.4 Å².